The molecule has 0 unspecified atom stereocenters. The van der Waals surface area contributed by atoms with Gasteiger partial charge >= 0.3 is 0 Å². The third-order valence-electron chi connectivity index (χ3n) is 4.07. The molecule has 0 atom stereocenters. The molecule has 1 amide bonds. The van der Waals surface area contributed by atoms with Gasteiger partial charge in [0, 0.05) is 37.3 Å². The SMILES string of the molecule is C#C.CC(C)C.CN(C)c1nc(NCC(=O)NCc2ccc(Cl)cc2)cc(-c2cccc(F)c2)n1. The number of carbonyl (C=O) groups excluding carboxylic acids is 1. The van der Waals surface area contributed by atoms with Crippen LogP contribution in [0.5, 0.6) is 0 Å². The zero-order valence-corrected chi connectivity index (χ0v) is 21.6. The minimum absolute atomic E-state index is 0.0417. The van der Waals surface area contributed by atoms with Crippen molar-refractivity contribution in [3.05, 3.63) is 71.0 Å². The Morgan fingerprint density at radius 2 is 1.69 bits per heavy atom. The number of amides is 1. The van der Waals surface area contributed by atoms with E-state index in [1.54, 1.807) is 35.2 Å². The molecule has 0 bridgehead atoms. The third kappa shape index (κ3) is 11.4. The van der Waals surface area contributed by atoms with Crippen LogP contribution in [0.4, 0.5) is 16.2 Å². The maximum Gasteiger partial charge on any atom is 0.239 e. The Balaban J connectivity index is 0.000000926. The molecule has 8 heteroatoms. The number of nitrogens with zero attached hydrogens (tertiary/aromatic N) is 3. The molecule has 0 aliphatic heterocycles. The van der Waals surface area contributed by atoms with Gasteiger partial charge in [-0.25, -0.2) is 9.37 Å². The number of hydrogen-bond donors (Lipinski definition) is 2. The molecule has 6 nitrogen and oxygen atoms in total. The van der Waals surface area contributed by atoms with Crippen LogP contribution in [0.2, 0.25) is 5.02 Å². The summed E-state index contributed by atoms with van der Waals surface area (Å²) in [5.74, 6) is 1.24. The van der Waals surface area contributed by atoms with Gasteiger partial charge in [-0.15, -0.1) is 12.8 Å². The van der Waals surface area contributed by atoms with E-state index < -0.39 is 0 Å². The molecule has 0 fully saturated rings. The third-order valence-corrected chi connectivity index (χ3v) is 4.32. The van der Waals surface area contributed by atoms with Gasteiger partial charge < -0.3 is 15.5 Å². The first-order chi connectivity index (χ1) is 16.6. The number of hydrogen-bond acceptors (Lipinski definition) is 5. The Morgan fingerprint density at radius 1 is 1.06 bits per heavy atom. The summed E-state index contributed by atoms with van der Waals surface area (Å²) >= 11 is 5.86. The van der Waals surface area contributed by atoms with Crippen molar-refractivity contribution in [3.63, 3.8) is 0 Å². The van der Waals surface area contributed by atoms with Gasteiger partial charge in [-0.3, -0.25) is 4.79 Å². The first-order valence-corrected chi connectivity index (χ1v) is 11.4. The number of rotatable bonds is 7. The maximum atomic E-state index is 13.6. The van der Waals surface area contributed by atoms with Gasteiger partial charge in [-0.1, -0.05) is 56.6 Å². The molecule has 35 heavy (non-hydrogen) atoms. The molecule has 0 saturated heterocycles. The standard InChI is InChI=1S/C21H21ClFN5O.C4H10.C2H2/c1-28(2)21-26-18(15-4-3-5-17(23)10-15)11-19(27-21)24-13-20(29)25-12-14-6-8-16(22)9-7-14;1-4(2)3;1-2/h3-11H,12-13H2,1-2H3,(H,25,29)(H,24,26,27);4H,1-3H3;1-2H. The smallest absolute Gasteiger partial charge is 0.239 e. The second-order valence-corrected chi connectivity index (χ2v) is 8.77. The number of anilines is 2. The lowest BCUT2D eigenvalue weighted by Crippen LogP contribution is -2.29. The van der Waals surface area contributed by atoms with Crippen LogP contribution < -0.4 is 15.5 Å². The van der Waals surface area contributed by atoms with Gasteiger partial charge in [0.25, 0.3) is 0 Å². The Labute approximate surface area is 213 Å². The molecule has 0 radical (unpaired) electrons. The van der Waals surface area contributed by atoms with Crippen LogP contribution in [0.15, 0.2) is 54.6 Å². The minimum Gasteiger partial charge on any atom is -0.361 e. The van der Waals surface area contributed by atoms with E-state index in [1.165, 1.54) is 12.1 Å². The van der Waals surface area contributed by atoms with Crippen LogP contribution in [0, 0.1) is 24.6 Å². The van der Waals surface area contributed by atoms with Gasteiger partial charge in [0.1, 0.15) is 11.6 Å². The zero-order valence-electron chi connectivity index (χ0n) is 20.8. The van der Waals surface area contributed by atoms with E-state index in [0.29, 0.717) is 34.6 Å². The molecule has 186 valence electrons. The Kier molecular flexibility index (Phi) is 12.9. The van der Waals surface area contributed by atoms with Crippen molar-refractivity contribution in [1.82, 2.24) is 15.3 Å². The van der Waals surface area contributed by atoms with Crippen LogP contribution in [0.1, 0.15) is 26.3 Å². The summed E-state index contributed by atoms with van der Waals surface area (Å²) in [6, 6.07) is 15.1. The maximum absolute atomic E-state index is 13.6. The number of terminal acetylenes is 1. The van der Waals surface area contributed by atoms with E-state index in [1.807, 2.05) is 26.2 Å². The fourth-order valence-electron chi connectivity index (χ4n) is 2.56. The summed E-state index contributed by atoms with van der Waals surface area (Å²) in [7, 11) is 3.63. The Morgan fingerprint density at radius 3 is 2.26 bits per heavy atom. The topological polar surface area (TPSA) is 70.2 Å². The molecular weight excluding hydrogens is 465 g/mol. The Hall–Kier alpha value is -3.63. The number of carbonyl (C=O) groups is 1. The lowest BCUT2D eigenvalue weighted by atomic mass is 10.1. The Bertz CT molecular complexity index is 1080. The highest BCUT2D eigenvalue weighted by atomic mass is 35.5. The first kappa shape index (κ1) is 29.4. The number of halogens is 2. The highest BCUT2D eigenvalue weighted by molar-refractivity contribution is 6.30. The van der Waals surface area contributed by atoms with Gasteiger partial charge in [0.15, 0.2) is 0 Å². The minimum atomic E-state index is -0.344. The largest absolute Gasteiger partial charge is 0.361 e. The van der Waals surface area contributed by atoms with Crippen molar-refractivity contribution in [3.8, 4) is 24.1 Å². The molecule has 0 aliphatic carbocycles. The molecule has 1 heterocycles. The zero-order chi connectivity index (χ0) is 26.4. The van der Waals surface area contributed by atoms with E-state index in [2.05, 4.69) is 54.2 Å². The van der Waals surface area contributed by atoms with Crippen LogP contribution in [0.25, 0.3) is 11.3 Å². The van der Waals surface area contributed by atoms with Crippen molar-refractivity contribution >= 4 is 29.3 Å². The van der Waals surface area contributed by atoms with Gasteiger partial charge in [-0.05, 0) is 35.7 Å². The van der Waals surface area contributed by atoms with E-state index in [4.69, 9.17) is 11.6 Å². The molecule has 0 aliphatic rings. The van der Waals surface area contributed by atoms with E-state index in [0.717, 1.165) is 11.5 Å². The highest BCUT2D eigenvalue weighted by Gasteiger charge is 2.10. The second kappa shape index (κ2) is 15.3. The fourth-order valence-corrected chi connectivity index (χ4v) is 2.68. The predicted molar refractivity (Wildman–Crippen MR) is 144 cm³/mol. The molecule has 0 saturated carbocycles. The number of aromatic nitrogens is 2. The molecule has 2 N–H and O–H groups in total. The quantitative estimate of drug-likeness (QED) is 0.413. The van der Waals surface area contributed by atoms with Crippen molar-refractivity contribution in [1.29, 1.82) is 0 Å². The predicted octanol–water partition coefficient (Wildman–Crippen LogP) is 5.64. The van der Waals surface area contributed by atoms with Crippen molar-refractivity contribution in [2.24, 2.45) is 5.92 Å². The average Bonchev–Trinajstić information content (AvgIpc) is 2.83. The summed E-state index contributed by atoms with van der Waals surface area (Å²) in [6.45, 7) is 6.94. The monoisotopic (exact) mass is 497 g/mol. The lowest BCUT2D eigenvalue weighted by molar-refractivity contribution is -0.119. The average molecular weight is 498 g/mol. The van der Waals surface area contributed by atoms with Crippen molar-refractivity contribution in [2.45, 2.75) is 27.3 Å². The summed E-state index contributed by atoms with van der Waals surface area (Å²) in [6.07, 6.45) is 8.00. The van der Waals surface area contributed by atoms with Crippen molar-refractivity contribution < 1.29 is 9.18 Å². The number of benzene rings is 2. The highest BCUT2D eigenvalue weighted by Crippen LogP contribution is 2.23. The van der Waals surface area contributed by atoms with Gasteiger partial charge in [0.05, 0.1) is 12.2 Å². The van der Waals surface area contributed by atoms with Crippen LogP contribution >= 0.6 is 11.6 Å². The summed E-state index contributed by atoms with van der Waals surface area (Å²) in [5, 5.41) is 6.49. The van der Waals surface area contributed by atoms with Gasteiger partial charge in [-0.2, -0.15) is 4.98 Å². The van der Waals surface area contributed by atoms with Crippen LogP contribution in [0.3, 0.4) is 0 Å². The lowest BCUT2D eigenvalue weighted by Gasteiger charge is -2.14. The molecular formula is C27H33ClFN5O. The van der Waals surface area contributed by atoms with Crippen LogP contribution in [-0.2, 0) is 11.3 Å². The molecule has 0 spiro atoms. The molecule has 2 aromatic carbocycles. The van der Waals surface area contributed by atoms with Gasteiger partial charge in [0.2, 0.25) is 11.9 Å². The van der Waals surface area contributed by atoms with Crippen molar-refractivity contribution in [2.75, 3.05) is 30.9 Å². The first-order valence-electron chi connectivity index (χ1n) is 11.0. The van der Waals surface area contributed by atoms with E-state index in [-0.39, 0.29) is 18.3 Å². The fraction of sp³-hybridized carbons (Fsp3) is 0.296. The molecule has 3 rings (SSSR count). The molecule has 1 aromatic heterocycles. The van der Waals surface area contributed by atoms with E-state index >= 15 is 0 Å². The van der Waals surface area contributed by atoms with Crippen LogP contribution in [-0.4, -0.2) is 36.5 Å². The number of nitrogens with one attached hydrogen (secondary N) is 2. The van der Waals surface area contributed by atoms with E-state index in [9.17, 15) is 9.18 Å². The summed E-state index contributed by atoms with van der Waals surface area (Å²) < 4.78 is 13.6. The second-order valence-electron chi connectivity index (χ2n) is 8.33. The molecule has 3 aromatic rings. The summed E-state index contributed by atoms with van der Waals surface area (Å²) in [5.41, 5.74) is 2.14. The summed E-state index contributed by atoms with van der Waals surface area (Å²) in [4.78, 5) is 22.8. The normalized spacial score (nSPS) is 9.77.